The van der Waals surface area contributed by atoms with Crippen molar-refractivity contribution in [3.63, 3.8) is 0 Å². The summed E-state index contributed by atoms with van der Waals surface area (Å²) in [6, 6.07) is 8.42. The highest BCUT2D eigenvalue weighted by atomic mass is 19.4. The molecule has 2 heterocycles. The van der Waals surface area contributed by atoms with Crippen LogP contribution in [0.4, 0.5) is 13.2 Å². The van der Waals surface area contributed by atoms with E-state index in [9.17, 15) is 18.0 Å². The summed E-state index contributed by atoms with van der Waals surface area (Å²) >= 11 is 0. The number of piperidine rings is 2. The third-order valence-corrected chi connectivity index (χ3v) is 7.29. The fourth-order valence-corrected chi connectivity index (χ4v) is 4.83. The Bertz CT molecular complexity index is 808. The Morgan fingerprint density at radius 1 is 1.09 bits per heavy atom. The molecule has 0 aromatic heterocycles. The number of hydrogen-bond acceptors (Lipinski definition) is 4. The summed E-state index contributed by atoms with van der Waals surface area (Å²) in [5.41, 5.74) is 1.82. The summed E-state index contributed by atoms with van der Waals surface area (Å²) in [7, 11) is 1.73. The molecule has 0 radical (unpaired) electrons. The van der Waals surface area contributed by atoms with Gasteiger partial charge in [-0.25, -0.2) is 4.79 Å². The number of aliphatic carboxylic acids is 1. The predicted molar refractivity (Wildman–Crippen MR) is 117 cm³/mol. The van der Waals surface area contributed by atoms with Crippen molar-refractivity contribution in [3.8, 4) is 5.75 Å². The summed E-state index contributed by atoms with van der Waals surface area (Å²) in [5.74, 6) is -1.01. The van der Waals surface area contributed by atoms with Crippen molar-refractivity contribution in [1.82, 2.24) is 9.80 Å². The van der Waals surface area contributed by atoms with Crippen LogP contribution in [-0.4, -0.2) is 66.2 Å². The van der Waals surface area contributed by atoms with Crippen molar-refractivity contribution in [3.05, 3.63) is 29.8 Å². The number of carbonyl (C=O) groups excluding carboxylic acids is 1. The van der Waals surface area contributed by atoms with Gasteiger partial charge in [-0.1, -0.05) is 18.6 Å². The number of carbonyl (C=O) groups is 2. The summed E-state index contributed by atoms with van der Waals surface area (Å²) in [6.07, 6.45) is 3.39. The quantitative estimate of drug-likeness (QED) is 0.709. The first-order valence-electron chi connectivity index (χ1n) is 11.6. The normalized spacial score (nSPS) is 21.0. The number of nitrogens with zero attached hydrogens (tertiary/aromatic N) is 2. The Hall–Kier alpha value is -2.29. The number of benzene rings is 1. The van der Waals surface area contributed by atoms with Crippen LogP contribution in [-0.2, 0) is 16.1 Å². The number of alkyl halides is 3. The average Bonchev–Trinajstić information content (AvgIpc) is 2.75. The maximum absolute atomic E-state index is 12.5. The Kier molecular flexibility index (Phi) is 8.26. The van der Waals surface area contributed by atoms with E-state index in [4.69, 9.17) is 14.6 Å². The van der Waals surface area contributed by atoms with Gasteiger partial charge in [0.25, 0.3) is 0 Å². The molecule has 3 aliphatic rings. The van der Waals surface area contributed by atoms with Crippen LogP contribution in [0.1, 0.15) is 50.5 Å². The molecule has 4 rings (SSSR count). The molecular formula is C24H33F3N2O4. The Morgan fingerprint density at radius 2 is 1.67 bits per heavy atom. The number of halogens is 3. The van der Waals surface area contributed by atoms with Gasteiger partial charge >= 0.3 is 12.1 Å². The van der Waals surface area contributed by atoms with Gasteiger partial charge in [-0.3, -0.25) is 9.69 Å². The lowest BCUT2D eigenvalue weighted by Gasteiger charge is -2.47. The first-order valence-corrected chi connectivity index (χ1v) is 11.6. The number of hydrogen-bond donors (Lipinski definition) is 1. The second-order valence-corrected chi connectivity index (χ2v) is 9.38. The molecule has 1 spiro atoms. The largest absolute Gasteiger partial charge is 0.497 e. The van der Waals surface area contributed by atoms with Crippen molar-refractivity contribution in [2.45, 2.75) is 57.7 Å². The Balaban J connectivity index is 0.000000383. The highest BCUT2D eigenvalue weighted by Crippen LogP contribution is 2.42. The average molecular weight is 471 g/mol. The SMILES string of the molecule is COc1cccc(CN2CCC3(CC2)CCN(C(=O)C2CCC2)CC3)c1.O=C(O)C(F)(F)F. The smallest absolute Gasteiger partial charge is 0.490 e. The van der Waals surface area contributed by atoms with E-state index in [1.807, 2.05) is 6.07 Å². The summed E-state index contributed by atoms with van der Waals surface area (Å²) < 4.78 is 37.1. The Labute approximate surface area is 192 Å². The van der Waals surface area contributed by atoms with E-state index in [2.05, 4.69) is 28.0 Å². The zero-order valence-corrected chi connectivity index (χ0v) is 19.1. The first kappa shape index (κ1) is 25.3. The molecule has 1 aromatic carbocycles. The summed E-state index contributed by atoms with van der Waals surface area (Å²) in [4.78, 5) is 26.1. The Morgan fingerprint density at radius 3 is 2.15 bits per heavy atom. The van der Waals surface area contributed by atoms with Crippen LogP contribution >= 0.6 is 0 Å². The minimum atomic E-state index is -5.08. The van der Waals surface area contributed by atoms with Crippen LogP contribution in [0.5, 0.6) is 5.75 Å². The maximum Gasteiger partial charge on any atom is 0.490 e. The second-order valence-electron chi connectivity index (χ2n) is 9.38. The van der Waals surface area contributed by atoms with Crippen molar-refractivity contribution in [2.75, 3.05) is 33.3 Å². The molecule has 1 N–H and O–H groups in total. The minimum Gasteiger partial charge on any atom is -0.497 e. The lowest BCUT2D eigenvalue weighted by atomic mass is 9.71. The molecule has 0 atom stereocenters. The monoisotopic (exact) mass is 470 g/mol. The second kappa shape index (κ2) is 10.8. The van der Waals surface area contributed by atoms with Crippen LogP contribution in [0.15, 0.2) is 24.3 Å². The van der Waals surface area contributed by atoms with Gasteiger partial charge in [0.2, 0.25) is 5.91 Å². The lowest BCUT2D eigenvalue weighted by molar-refractivity contribution is -0.192. The molecule has 0 bridgehead atoms. The molecular weight excluding hydrogens is 437 g/mol. The number of likely N-dealkylation sites (tertiary alicyclic amines) is 2. The fourth-order valence-electron chi connectivity index (χ4n) is 4.83. The third kappa shape index (κ3) is 6.85. The molecule has 0 unspecified atom stereocenters. The molecule has 184 valence electrons. The van der Waals surface area contributed by atoms with Crippen LogP contribution < -0.4 is 4.74 Å². The van der Waals surface area contributed by atoms with Gasteiger partial charge < -0.3 is 14.7 Å². The molecule has 33 heavy (non-hydrogen) atoms. The van der Waals surface area contributed by atoms with Crippen LogP contribution in [0.25, 0.3) is 0 Å². The number of carboxylic acids is 1. The number of methoxy groups -OCH3 is 1. The van der Waals surface area contributed by atoms with Crippen molar-refractivity contribution in [2.24, 2.45) is 11.3 Å². The molecule has 2 aliphatic heterocycles. The van der Waals surface area contributed by atoms with Crippen molar-refractivity contribution >= 4 is 11.9 Å². The van der Waals surface area contributed by atoms with E-state index >= 15 is 0 Å². The highest BCUT2D eigenvalue weighted by molar-refractivity contribution is 5.79. The van der Waals surface area contributed by atoms with Gasteiger partial charge in [-0.2, -0.15) is 13.2 Å². The van der Waals surface area contributed by atoms with Gasteiger partial charge in [0.1, 0.15) is 5.75 Å². The van der Waals surface area contributed by atoms with E-state index in [1.54, 1.807) is 7.11 Å². The third-order valence-electron chi connectivity index (χ3n) is 7.29. The number of ether oxygens (including phenoxy) is 1. The zero-order chi connectivity index (χ0) is 24.1. The number of amides is 1. The zero-order valence-electron chi connectivity index (χ0n) is 19.1. The summed E-state index contributed by atoms with van der Waals surface area (Å²) in [5, 5.41) is 7.12. The van der Waals surface area contributed by atoms with Gasteiger partial charge in [0.05, 0.1) is 7.11 Å². The van der Waals surface area contributed by atoms with Crippen LogP contribution in [0.2, 0.25) is 0 Å². The van der Waals surface area contributed by atoms with Crippen LogP contribution in [0.3, 0.4) is 0 Å². The first-order chi connectivity index (χ1) is 15.6. The van der Waals surface area contributed by atoms with E-state index in [0.29, 0.717) is 17.2 Å². The predicted octanol–water partition coefficient (Wildman–Crippen LogP) is 4.33. The van der Waals surface area contributed by atoms with Crippen LogP contribution in [0, 0.1) is 11.3 Å². The van der Waals surface area contributed by atoms with E-state index < -0.39 is 12.1 Å². The summed E-state index contributed by atoms with van der Waals surface area (Å²) in [6.45, 7) is 5.34. The lowest BCUT2D eigenvalue weighted by Crippen LogP contribution is -2.49. The molecule has 6 nitrogen and oxygen atoms in total. The topological polar surface area (TPSA) is 70.1 Å². The molecule has 1 amide bonds. The maximum atomic E-state index is 12.5. The van der Waals surface area contributed by atoms with Crippen molar-refractivity contribution < 1.29 is 32.6 Å². The van der Waals surface area contributed by atoms with Gasteiger partial charge in [-0.15, -0.1) is 0 Å². The van der Waals surface area contributed by atoms with E-state index in [-0.39, 0.29) is 0 Å². The van der Waals surface area contributed by atoms with Crippen molar-refractivity contribution in [1.29, 1.82) is 0 Å². The van der Waals surface area contributed by atoms with Gasteiger partial charge in [0.15, 0.2) is 0 Å². The molecule has 1 saturated carbocycles. The number of rotatable bonds is 4. The molecule has 9 heteroatoms. The molecule has 1 aliphatic carbocycles. The number of carboxylic acid groups (broad SMARTS) is 1. The molecule has 3 fully saturated rings. The molecule has 1 aromatic rings. The van der Waals surface area contributed by atoms with E-state index in [0.717, 1.165) is 38.2 Å². The van der Waals surface area contributed by atoms with Gasteiger partial charge in [0, 0.05) is 25.6 Å². The minimum absolute atomic E-state index is 0.355. The fraction of sp³-hybridized carbons (Fsp3) is 0.667. The van der Waals surface area contributed by atoms with Gasteiger partial charge in [-0.05, 0) is 74.7 Å². The standard InChI is InChI=1S/C22H32N2O2.C2HF3O2/c1-26-20-7-2-4-18(16-20)17-23-12-8-22(9-13-23)10-14-24(15-11-22)21(25)19-5-3-6-19;3-2(4,5)1(6)7/h2,4,7,16,19H,3,5-6,8-15,17H2,1H3;(H,6,7). The highest BCUT2D eigenvalue weighted by Gasteiger charge is 2.40. The van der Waals surface area contributed by atoms with E-state index in [1.165, 1.54) is 50.8 Å². The molecule has 2 saturated heterocycles.